The molecule has 2 rings (SSSR count). The summed E-state index contributed by atoms with van der Waals surface area (Å²) >= 11 is 1.07. The van der Waals surface area contributed by atoms with Gasteiger partial charge in [0, 0.05) is 10.9 Å². The minimum Gasteiger partial charge on any atom is -0.452 e. The van der Waals surface area contributed by atoms with Gasteiger partial charge in [-0.3, -0.25) is 9.59 Å². The van der Waals surface area contributed by atoms with Gasteiger partial charge in [-0.15, -0.1) is 11.8 Å². The Labute approximate surface area is 146 Å². The average molecular weight is 353 g/mol. The van der Waals surface area contributed by atoms with Crippen molar-refractivity contribution in [2.75, 3.05) is 5.75 Å². The van der Waals surface area contributed by atoms with E-state index in [0.29, 0.717) is 4.90 Å². The lowest BCUT2D eigenvalue weighted by atomic mass is 10.1. The third-order valence-corrected chi connectivity index (χ3v) is 5.08. The Kier molecular flexibility index (Phi) is 7.56. The minimum atomic E-state index is -0.832. The van der Waals surface area contributed by atoms with Crippen LogP contribution < -0.4 is 5.32 Å². The van der Waals surface area contributed by atoms with Crippen LogP contribution in [0, 0.1) is 5.82 Å². The number of halogens is 1. The second-order valence-electron chi connectivity index (χ2n) is 6.05. The van der Waals surface area contributed by atoms with E-state index in [1.54, 1.807) is 25.1 Å². The van der Waals surface area contributed by atoms with Crippen LogP contribution in [0.15, 0.2) is 29.2 Å². The van der Waals surface area contributed by atoms with Crippen LogP contribution in [0.3, 0.4) is 0 Å². The molecule has 1 amide bonds. The average Bonchev–Trinajstić information content (AvgIpc) is 2.82. The predicted molar refractivity (Wildman–Crippen MR) is 92.3 cm³/mol. The van der Waals surface area contributed by atoms with Crippen molar-refractivity contribution in [2.24, 2.45) is 0 Å². The Morgan fingerprint density at radius 2 is 1.92 bits per heavy atom. The number of esters is 1. The van der Waals surface area contributed by atoms with Crippen molar-refractivity contribution in [3.8, 4) is 0 Å². The zero-order valence-electron chi connectivity index (χ0n) is 13.9. The molecule has 1 fully saturated rings. The summed E-state index contributed by atoms with van der Waals surface area (Å²) in [6.45, 7) is 1.57. The highest BCUT2D eigenvalue weighted by molar-refractivity contribution is 8.00. The van der Waals surface area contributed by atoms with Crippen LogP contribution in [0.5, 0.6) is 0 Å². The van der Waals surface area contributed by atoms with Gasteiger partial charge in [0.05, 0.1) is 5.75 Å². The molecule has 6 heteroatoms. The van der Waals surface area contributed by atoms with Crippen LogP contribution in [-0.4, -0.2) is 29.8 Å². The zero-order chi connectivity index (χ0) is 17.4. The topological polar surface area (TPSA) is 55.4 Å². The summed E-state index contributed by atoms with van der Waals surface area (Å²) in [4.78, 5) is 24.4. The molecule has 0 saturated heterocycles. The first-order valence-corrected chi connectivity index (χ1v) is 9.42. The molecule has 1 atom stereocenters. The van der Waals surface area contributed by atoms with E-state index >= 15 is 0 Å². The largest absolute Gasteiger partial charge is 0.452 e. The molecule has 0 unspecified atom stereocenters. The van der Waals surface area contributed by atoms with Crippen LogP contribution >= 0.6 is 11.8 Å². The fourth-order valence-electron chi connectivity index (χ4n) is 2.73. The third kappa shape index (κ3) is 6.15. The molecule has 132 valence electrons. The first-order chi connectivity index (χ1) is 11.6. The maximum Gasteiger partial charge on any atom is 0.317 e. The van der Waals surface area contributed by atoms with E-state index in [1.165, 1.54) is 18.9 Å². The smallest absolute Gasteiger partial charge is 0.317 e. The number of amides is 1. The molecule has 1 N–H and O–H groups in total. The van der Waals surface area contributed by atoms with Gasteiger partial charge in [0.2, 0.25) is 0 Å². The monoisotopic (exact) mass is 353 g/mol. The molecule has 0 aliphatic heterocycles. The van der Waals surface area contributed by atoms with Gasteiger partial charge in [-0.25, -0.2) is 4.39 Å². The first kappa shape index (κ1) is 18.8. The fraction of sp³-hybridized carbons (Fsp3) is 0.556. The van der Waals surface area contributed by atoms with Crippen molar-refractivity contribution in [3.05, 3.63) is 30.1 Å². The molecule has 1 saturated carbocycles. The van der Waals surface area contributed by atoms with E-state index in [1.807, 2.05) is 0 Å². The molecule has 1 aliphatic rings. The molecular formula is C18H24FNO3S. The highest BCUT2D eigenvalue weighted by atomic mass is 32.2. The van der Waals surface area contributed by atoms with Gasteiger partial charge in [-0.05, 0) is 31.9 Å². The number of carbonyl (C=O) groups is 2. The number of hydrogen-bond acceptors (Lipinski definition) is 4. The van der Waals surface area contributed by atoms with Crippen molar-refractivity contribution in [3.63, 3.8) is 0 Å². The highest BCUT2D eigenvalue weighted by Gasteiger charge is 2.22. The quantitative estimate of drug-likeness (QED) is 0.481. The molecule has 4 nitrogen and oxygen atoms in total. The second-order valence-corrected chi connectivity index (χ2v) is 7.07. The summed E-state index contributed by atoms with van der Waals surface area (Å²) in [5.74, 6) is -1.17. The van der Waals surface area contributed by atoms with E-state index in [4.69, 9.17) is 4.74 Å². The normalized spacial score (nSPS) is 16.9. The van der Waals surface area contributed by atoms with Crippen LogP contribution in [0.2, 0.25) is 0 Å². The molecule has 0 aromatic heterocycles. The van der Waals surface area contributed by atoms with Crippen molar-refractivity contribution >= 4 is 23.6 Å². The summed E-state index contributed by atoms with van der Waals surface area (Å²) in [6.07, 6.45) is 5.80. The van der Waals surface area contributed by atoms with E-state index in [-0.39, 0.29) is 23.5 Å². The predicted octanol–water partition coefficient (Wildman–Crippen LogP) is 3.69. The number of rotatable bonds is 6. The SMILES string of the molecule is C[C@@H](OC(=O)CSc1ccccc1F)C(=O)NC1CCCCCC1. The van der Waals surface area contributed by atoms with Crippen LogP contribution in [0.25, 0.3) is 0 Å². The Morgan fingerprint density at radius 3 is 2.58 bits per heavy atom. The molecule has 24 heavy (non-hydrogen) atoms. The summed E-state index contributed by atoms with van der Waals surface area (Å²) in [7, 11) is 0. The first-order valence-electron chi connectivity index (χ1n) is 8.43. The van der Waals surface area contributed by atoms with E-state index < -0.39 is 12.1 Å². The summed E-state index contributed by atoms with van der Waals surface area (Å²) in [6, 6.07) is 6.43. The van der Waals surface area contributed by atoms with E-state index in [2.05, 4.69) is 5.32 Å². The highest BCUT2D eigenvalue weighted by Crippen LogP contribution is 2.21. The van der Waals surface area contributed by atoms with E-state index in [9.17, 15) is 14.0 Å². The van der Waals surface area contributed by atoms with Crippen molar-refractivity contribution in [1.82, 2.24) is 5.32 Å². The molecule has 0 bridgehead atoms. The Bertz CT molecular complexity index is 559. The van der Waals surface area contributed by atoms with Crippen LogP contribution in [0.4, 0.5) is 4.39 Å². The van der Waals surface area contributed by atoms with Crippen molar-refractivity contribution < 1.29 is 18.7 Å². The zero-order valence-corrected chi connectivity index (χ0v) is 14.7. The lowest BCUT2D eigenvalue weighted by Gasteiger charge is -2.19. The van der Waals surface area contributed by atoms with Crippen LogP contribution in [-0.2, 0) is 14.3 Å². The molecule has 0 heterocycles. The third-order valence-electron chi connectivity index (χ3n) is 4.06. The van der Waals surface area contributed by atoms with Gasteiger partial charge in [-0.1, -0.05) is 37.8 Å². The van der Waals surface area contributed by atoms with Gasteiger partial charge < -0.3 is 10.1 Å². The molecule has 1 aromatic carbocycles. The number of carbonyl (C=O) groups excluding carboxylic acids is 2. The number of ether oxygens (including phenoxy) is 1. The maximum atomic E-state index is 13.5. The summed E-state index contributed by atoms with van der Waals surface area (Å²) < 4.78 is 18.6. The van der Waals surface area contributed by atoms with Crippen molar-refractivity contribution in [2.45, 2.75) is 62.5 Å². The van der Waals surface area contributed by atoms with Gasteiger partial charge in [0.1, 0.15) is 5.82 Å². The molecule has 1 aromatic rings. The van der Waals surface area contributed by atoms with Gasteiger partial charge >= 0.3 is 5.97 Å². The van der Waals surface area contributed by atoms with E-state index in [0.717, 1.165) is 37.4 Å². The molecule has 0 radical (unpaired) electrons. The Balaban J connectivity index is 1.74. The molecular weight excluding hydrogens is 329 g/mol. The molecule has 1 aliphatic carbocycles. The lowest BCUT2D eigenvalue weighted by Crippen LogP contribution is -2.42. The molecule has 0 spiro atoms. The minimum absolute atomic E-state index is 0.0258. The fourth-order valence-corrected chi connectivity index (χ4v) is 3.45. The standard InChI is InChI=1S/C18H24FNO3S/c1-13(18(22)20-14-8-4-2-3-5-9-14)23-17(21)12-24-16-11-7-6-10-15(16)19/h6-7,10-11,13-14H,2-5,8-9,12H2,1H3,(H,20,22)/t13-/m1/s1. The van der Waals surface area contributed by atoms with Gasteiger partial charge in [-0.2, -0.15) is 0 Å². The van der Waals surface area contributed by atoms with Crippen LogP contribution in [0.1, 0.15) is 45.4 Å². The lowest BCUT2D eigenvalue weighted by molar-refractivity contribution is -0.152. The van der Waals surface area contributed by atoms with Gasteiger partial charge in [0.25, 0.3) is 5.91 Å². The maximum absolute atomic E-state index is 13.5. The number of benzene rings is 1. The number of thioether (sulfide) groups is 1. The van der Waals surface area contributed by atoms with Crippen molar-refractivity contribution in [1.29, 1.82) is 0 Å². The second kappa shape index (κ2) is 9.67. The summed E-state index contributed by atoms with van der Waals surface area (Å²) in [5.41, 5.74) is 0. The Hall–Kier alpha value is -1.56. The Morgan fingerprint density at radius 1 is 1.25 bits per heavy atom. The van der Waals surface area contributed by atoms with Gasteiger partial charge in [0.15, 0.2) is 6.10 Å². The number of nitrogens with one attached hydrogen (secondary N) is 1. The summed E-state index contributed by atoms with van der Waals surface area (Å²) in [5, 5.41) is 2.96. The number of hydrogen-bond donors (Lipinski definition) is 1.